The van der Waals surface area contributed by atoms with Gasteiger partial charge in [0.2, 0.25) is 0 Å². The summed E-state index contributed by atoms with van der Waals surface area (Å²) in [5.41, 5.74) is 1.86. The highest BCUT2D eigenvalue weighted by Crippen LogP contribution is 2.20. The van der Waals surface area contributed by atoms with Gasteiger partial charge in [-0.25, -0.2) is 0 Å². The molecule has 0 saturated carbocycles. The fourth-order valence-corrected chi connectivity index (χ4v) is 1.66. The molecule has 0 saturated heterocycles. The van der Waals surface area contributed by atoms with Crippen LogP contribution < -0.4 is 0 Å². The summed E-state index contributed by atoms with van der Waals surface area (Å²) >= 11 is 0. The minimum absolute atomic E-state index is 0.860. The van der Waals surface area contributed by atoms with Crippen LogP contribution in [-0.2, 0) is 0 Å². The van der Waals surface area contributed by atoms with Crippen molar-refractivity contribution in [3.63, 3.8) is 0 Å². The zero-order chi connectivity index (χ0) is 10.1. The Bertz CT molecular complexity index is 620. The van der Waals surface area contributed by atoms with Crippen molar-refractivity contribution in [3.05, 3.63) is 41.7 Å². The summed E-state index contributed by atoms with van der Waals surface area (Å²) in [7, 11) is 0. The van der Waals surface area contributed by atoms with E-state index in [1.54, 1.807) is 12.3 Å². The van der Waals surface area contributed by atoms with E-state index in [1.165, 1.54) is 0 Å². The molecule has 1 aliphatic rings. The van der Waals surface area contributed by atoms with Crippen molar-refractivity contribution >= 4 is 28.9 Å². The molecule has 1 aromatic heterocycles. The molecule has 3 nitrogen and oxygen atoms in total. The zero-order valence-electron chi connectivity index (χ0n) is 7.88. The van der Waals surface area contributed by atoms with Gasteiger partial charge in [-0.1, -0.05) is 24.3 Å². The Kier molecular flexibility index (Phi) is 1.70. The maximum absolute atomic E-state index is 4.34. The van der Waals surface area contributed by atoms with E-state index in [0.717, 1.165) is 22.0 Å². The Morgan fingerprint density at radius 1 is 1.13 bits per heavy atom. The molecule has 15 heavy (non-hydrogen) atoms. The molecular weight excluding hydrogens is 186 g/mol. The lowest BCUT2D eigenvalue weighted by atomic mass is 10.1. The molecule has 70 valence electrons. The van der Waals surface area contributed by atoms with Crippen LogP contribution in [0.15, 0.2) is 40.7 Å². The summed E-state index contributed by atoms with van der Waals surface area (Å²) < 4.78 is 0. The zero-order valence-corrected chi connectivity index (χ0v) is 7.88. The normalized spacial score (nSPS) is 12.8. The maximum atomic E-state index is 4.34. The number of hydrogen-bond donors (Lipinski definition) is 0. The van der Waals surface area contributed by atoms with Gasteiger partial charge in [-0.2, -0.15) is 0 Å². The van der Waals surface area contributed by atoms with E-state index in [4.69, 9.17) is 0 Å². The molecule has 0 unspecified atom stereocenters. The van der Waals surface area contributed by atoms with Crippen LogP contribution in [0.5, 0.6) is 0 Å². The second-order valence-electron chi connectivity index (χ2n) is 3.26. The van der Waals surface area contributed by atoms with E-state index >= 15 is 0 Å². The first-order chi connectivity index (χ1) is 7.45. The van der Waals surface area contributed by atoms with Crippen molar-refractivity contribution < 1.29 is 0 Å². The van der Waals surface area contributed by atoms with Crippen LogP contribution in [0, 0.1) is 0 Å². The van der Waals surface area contributed by atoms with Gasteiger partial charge in [-0.05, 0) is 5.39 Å². The van der Waals surface area contributed by atoms with Gasteiger partial charge in [-0.3, -0.25) is 4.98 Å². The lowest BCUT2D eigenvalue weighted by molar-refractivity contribution is 1.27. The van der Waals surface area contributed by atoms with E-state index in [-0.39, 0.29) is 0 Å². The Labute approximate surface area is 86.5 Å². The van der Waals surface area contributed by atoms with Crippen LogP contribution in [-0.4, -0.2) is 17.1 Å². The number of fused-ring (bicyclic) bond motifs is 3. The Balaban J connectivity index is 2.45. The lowest BCUT2D eigenvalue weighted by Gasteiger charge is -2.03. The number of benzene rings is 1. The molecule has 0 bridgehead atoms. The monoisotopic (exact) mass is 193 g/mol. The predicted octanol–water partition coefficient (Wildman–Crippen LogP) is 2.27. The van der Waals surface area contributed by atoms with Gasteiger partial charge in [0, 0.05) is 29.1 Å². The van der Waals surface area contributed by atoms with Crippen LogP contribution in [0.2, 0.25) is 0 Å². The Hall–Kier alpha value is -2.25. The van der Waals surface area contributed by atoms with Gasteiger partial charge in [0.25, 0.3) is 0 Å². The van der Waals surface area contributed by atoms with Crippen LogP contribution in [0.1, 0.15) is 11.3 Å². The van der Waals surface area contributed by atoms with Crippen LogP contribution >= 0.6 is 0 Å². The topological polar surface area (TPSA) is 37.6 Å². The van der Waals surface area contributed by atoms with Gasteiger partial charge in [0.1, 0.15) is 0 Å². The largest absolute Gasteiger partial charge is 0.255 e. The van der Waals surface area contributed by atoms with Crippen LogP contribution in [0.3, 0.4) is 0 Å². The molecule has 0 aliphatic carbocycles. The van der Waals surface area contributed by atoms with Gasteiger partial charge in [-0.15, -0.1) is 10.2 Å². The molecule has 0 spiro atoms. The van der Waals surface area contributed by atoms with Crippen LogP contribution in [0.4, 0.5) is 0 Å². The van der Waals surface area contributed by atoms with Gasteiger partial charge in [0.15, 0.2) is 0 Å². The number of aromatic nitrogens is 1. The third-order valence-corrected chi connectivity index (χ3v) is 2.37. The summed E-state index contributed by atoms with van der Waals surface area (Å²) in [5.74, 6) is 2.71. The molecular formula is C12H7N3. The molecule has 0 fully saturated rings. The molecule has 0 amide bonds. The minimum Gasteiger partial charge on any atom is -0.255 e. The third kappa shape index (κ3) is 1.26. The smallest absolute Gasteiger partial charge is 0.0818 e. The molecule has 0 radical (unpaired) electrons. The molecule has 1 aromatic carbocycles. The SMILES string of the molecule is C1=Cc2ncc3ccccc3c2C=NN=1. The van der Waals surface area contributed by atoms with Crippen molar-refractivity contribution in [1.82, 2.24) is 4.98 Å². The van der Waals surface area contributed by atoms with Gasteiger partial charge in [0.05, 0.1) is 11.9 Å². The van der Waals surface area contributed by atoms with Crippen molar-refractivity contribution in [2.45, 2.75) is 0 Å². The first kappa shape index (κ1) is 8.09. The number of hydrogen-bond acceptors (Lipinski definition) is 3. The summed E-state index contributed by atoms with van der Waals surface area (Å²) in [6, 6.07) is 8.09. The van der Waals surface area contributed by atoms with E-state index in [0.29, 0.717) is 0 Å². The average Bonchev–Trinajstić information content (AvgIpc) is 2.54. The first-order valence-electron chi connectivity index (χ1n) is 4.65. The Morgan fingerprint density at radius 2 is 2.07 bits per heavy atom. The molecule has 0 atom stereocenters. The van der Waals surface area contributed by atoms with E-state index in [2.05, 4.69) is 27.1 Å². The molecule has 0 N–H and O–H groups in total. The lowest BCUT2D eigenvalue weighted by Crippen LogP contribution is -1.92. The summed E-state index contributed by atoms with van der Waals surface area (Å²) in [6.45, 7) is 0. The van der Waals surface area contributed by atoms with Crippen molar-refractivity contribution in [3.8, 4) is 0 Å². The van der Waals surface area contributed by atoms with Crippen molar-refractivity contribution in [1.29, 1.82) is 0 Å². The van der Waals surface area contributed by atoms with E-state index < -0.39 is 0 Å². The Morgan fingerprint density at radius 3 is 3.07 bits per heavy atom. The summed E-state index contributed by atoms with van der Waals surface area (Å²) in [4.78, 5) is 4.34. The number of pyridine rings is 1. The highest BCUT2D eigenvalue weighted by Gasteiger charge is 2.05. The van der Waals surface area contributed by atoms with E-state index in [1.807, 2.05) is 24.4 Å². The fourth-order valence-electron chi connectivity index (χ4n) is 1.66. The first-order valence-corrected chi connectivity index (χ1v) is 4.65. The molecule has 3 rings (SSSR count). The quantitative estimate of drug-likeness (QED) is 0.632. The highest BCUT2D eigenvalue weighted by atomic mass is 15.2. The average molecular weight is 193 g/mol. The molecule has 1 aliphatic heterocycles. The van der Waals surface area contributed by atoms with E-state index in [9.17, 15) is 0 Å². The highest BCUT2D eigenvalue weighted by molar-refractivity contribution is 6.04. The third-order valence-electron chi connectivity index (χ3n) is 2.37. The standard InChI is InChI=1S/C12H7N3/c1-2-4-10-9(3-1)7-13-12-5-6-14-15-8-11(10)12/h1-5,7-8H. The summed E-state index contributed by atoms with van der Waals surface area (Å²) in [6.07, 6.45) is 5.32. The van der Waals surface area contributed by atoms with Crippen molar-refractivity contribution in [2.75, 3.05) is 0 Å². The summed E-state index contributed by atoms with van der Waals surface area (Å²) in [5, 5.41) is 9.85. The minimum atomic E-state index is 0.860. The number of nitrogens with zero attached hydrogens (tertiary/aromatic N) is 3. The van der Waals surface area contributed by atoms with Gasteiger partial charge >= 0.3 is 0 Å². The number of rotatable bonds is 0. The second-order valence-corrected chi connectivity index (χ2v) is 3.26. The van der Waals surface area contributed by atoms with Crippen molar-refractivity contribution in [2.24, 2.45) is 10.2 Å². The van der Waals surface area contributed by atoms with Crippen LogP contribution in [0.25, 0.3) is 16.8 Å². The molecule has 3 heteroatoms. The molecule has 2 heterocycles. The van der Waals surface area contributed by atoms with Gasteiger partial charge < -0.3 is 0 Å². The fraction of sp³-hybridized carbons (Fsp3) is 0. The molecule has 2 aromatic rings. The predicted molar refractivity (Wildman–Crippen MR) is 61.2 cm³/mol. The second kappa shape index (κ2) is 3.15. The maximum Gasteiger partial charge on any atom is 0.0818 e.